The molecule has 0 spiro atoms. The van der Waals surface area contributed by atoms with Crippen molar-refractivity contribution in [2.24, 2.45) is 0 Å². The molecular formula is C18H14FN3O. The quantitative estimate of drug-likeness (QED) is 0.805. The van der Waals surface area contributed by atoms with Crippen LogP contribution in [0, 0.1) is 5.82 Å². The molecule has 0 aliphatic heterocycles. The normalized spacial score (nSPS) is 10.3. The smallest absolute Gasteiger partial charge is 0.255 e. The van der Waals surface area contributed by atoms with Gasteiger partial charge in [0, 0.05) is 23.9 Å². The largest absolute Gasteiger partial charge is 0.348 e. The number of nitrogens with one attached hydrogen (secondary N) is 1. The van der Waals surface area contributed by atoms with Crippen LogP contribution in [-0.2, 0) is 6.54 Å². The van der Waals surface area contributed by atoms with Crippen LogP contribution in [0.5, 0.6) is 0 Å². The highest BCUT2D eigenvalue weighted by atomic mass is 19.1. The third-order valence-corrected chi connectivity index (χ3v) is 3.40. The predicted molar refractivity (Wildman–Crippen MR) is 85.0 cm³/mol. The number of nitrogens with zero attached hydrogens (tertiary/aromatic N) is 2. The molecule has 1 heterocycles. The lowest BCUT2D eigenvalue weighted by Crippen LogP contribution is -2.24. The maximum Gasteiger partial charge on any atom is 0.255 e. The second kappa shape index (κ2) is 6.79. The van der Waals surface area contributed by atoms with Gasteiger partial charge < -0.3 is 5.32 Å². The Kier molecular flexibility index (Phi) is 4.38. The van der Waals surface area contributed by atoms with Crippen LogP contribution in [0.4, 0.5) is 4.39 Å². The molecule has 0 saturated carbocycles. The van der Waals surface area contributed by atoms with Crippen molar-refractivity contribution >= 4 is 5.91 Å². The summed E-state index contributed by atoms with van der Waals surface area (Å²) < 4.78 is 13.6. The summed E-state index contributed by atoms with van der Waals surface area (Å²) in [5, 5.41) is 2.71. The zero-order valence-corrected chi connectivity index (χ0v) is 12.2. The summed E-state index contributed by atoms with van der Waals surface area (Å²) in [7, 11) is 0. The van der Waals surface area contributed by atoms with E-state index in [9.17, 15) is 9.18 Å². The van der Waals surface area contributed by atoms with E-state index in [0.717, 1.165) is 5.56 Å². The third kappa shape index (κ3) is 3.40. The van der Waals surface area contributed by atoms with Crippen molar-refractivity contribution in [3.05, 3.63) is 84.1 Å². The first-order valence-corrected chi connectivity index (χ1v) is 7.13. The van der Waals surface area contributed by atoms with E-state index in [0.29, 0.717) is 16.8 Å². The number of halogens is 1. The van der Waals surface area contributed by atoms with Gasteiger partial charge in [-0.2, -0.15) is 0 Å². The van der Waals surface area contributed by atoms with Gasteiger partial charge in [0.1, 0.15) is 12.1 Å². The van der Waals surface area contributed by atoms with Crippen LogP contribution in [0.15, 0.2) is 67.1 Å². The summed E-state index contributed by atoms with van der Waals surface area (Å²) >= 11 is 0. The first-order chi connectivity index (χ1) is 11.3. The maximum atomic E-state index is 13.6. The molecule has 3 aromatic rings. The average molecular weight is 307 g/mol. The number of rotatable bonds is 4. The number of aromatic nitrogens is 2. The minimum atomic E-state index is -0.347. The van der Waals surface area contributed by atoms with E-state index < -0.39 is 0 Å². The summed E-state index contributed by atoms with van der Waals surface area (Å²) in [5.74, 6) is -0.687. The lowest BCUT2D eigenvalue weighted by atomic mass is 10.1. The van der Waals surface area contributed by atoms with Gasteiger partial charge in [-0.3, -0.25) is 4.79 Å². The molecule has 0 aliphatic carbocycles. The molecule has 1 amide bonds. The fraction of sp³-hybridized carbons (Fsp3) is 0.0556. The molecule has 23 heavy (non-hydrogen) atoms. The molecule has 0 aliphatic rings. The molecule has 4 nitrogen and oxygen atoms in total. The van der Waals surface area contributed by atoms with Crippen molar-refractivity contribution in [3.8, 4) is 11.3 Å². The van der Waals surface area contributed by atoms with Gasteiger partial charge in [-0.25, -0.2) is 14.4 Å². The van der Waals surface area contributed by atoms with E-state index in [1.165, 1.54) is 18.6 Å². The minimum absolute atomic E-state index is 0.106. The van der Waals surface area contributed by atoms with E-state index in [4.69, 9.17) is 0 Å². The highest BCUT2D eigenvalue weighted by molar-refractivity contribution is 5.99. The molecule has 0 radical (unpaired) electrons. The summed E-state index contributed by atoms with van der Waals surface area (Å²) in [6.45, 7) is 0.106. The topological polar surface area (TPSA) is 54.9 Å². The Morgan fingerprint density at radius 2 is 1.78 bits per heavy atom. The Morgan fingerprint density at radius 3 is 2.57 bits per heavy atom. The van der Waals surface area contributed by atoms with Gasteiger partial charge in [0.15, 0.2) is 0 Å². The first-order valence-electron chi connectivity index (χ1n) is 7.13. The fourth-order valence-corrected chi connectivity index (χ4v) is 2.23. The highest BCUT2D eigenvalue weighted by Gasteiger charge is 2.14. The van der Waals surface area contributed by atoms with Crippen molar-refractivity contribution in [1.29, 1.82) is 0 Å². The van der Waals surface area contributed by atoms with Gasteiger partial charge in [-0.1, -0.05) is 48.5 Å². The Labute approximate surface area is 133 Å². The van der Waals surface area contributed by atoms with Crippen LogP contribution in [0.1, 0.15) is 15.9 Å². The molecule has 114 valence electrons. The second-order valence-corrected chi connectivity index (χ2v) is 4.93. The molecule has 5 heteroatoms. The van der Waals surface area contributed by atoms with E-state index >= 15 is 0 Å². The van der Waals surface area contributed by atoms with Gasteiger partial charge in [0.2, 0.25) is 0 Å². The zero-order valence-electron chi connectivity index (χ0n) is 12.2. The summed E-state index contributed by atoms with van der Waals surface area (Å²) in [5.41, 5.74) is 2.16. The zero-order chi connectivity index (χ0) is 16.1. The standard InChI is InChI=1S/C18H14FN3O/c19-16-9-5-4-8-14(16)10-21-18(23)15-11-20-12-22-17(15)13-6-2-1-3-7-13/h1-9,11-12H,10H2,(H,21,23). The molecule has 3 rings (SSSR count). The Balaban J connectivity index is 1.82. The number of amides is 1. The lowest BCUT2D eigenvalue weighted by Gasteiger charge is -2.09. The van der Waals surface area contributed by atoms with Crippen molar-refractivity contribution in [2.75, 3.05) is 0 Å². The summed E-state index contributed by atoms with van der Waals surface area (Å²) in [6, 6.07) is 15.7. The maximum absolute atomic E-state index is 13.6. The number of carbonyl (C=O) groups is 1. The van der Waals surface area contributed by atoms with E-state index in [1.807, 2.05) is 30.3 Å². The van der Waals surface area contributed by atoms with Crippen molar-refractivity contribution < 1.29 is 9.18 Å². The molecule has 1 aromatic heterocycles. The highest BCUT2D eigenvalue weighted by Crippen LogP contribution is 2.20. The summed E-state index contributed by atoms with van der Waals surface area (Å²) in [6.07, 6.45) is 2.86. The minimum Gasteiger partial charge on any atom is -0.348 e. The Bertz CT molecular complexity index is 821. The van der Waals surface area contributed by atoms with Crippen LogP contribution in [0.2, 0.25) is 0 Å². The van der Waals surface area contributed by atoms with Crippen LogP contribution in [-0.4, -0.2) is 15.9 Å². The number of hydrogen-bond donors (Lipinski definition) is 1. The second-order valence-electron chi connectivity index (χ2n) is 4.93. The van der Waals surface area contributed by atoms with Crippen molar-refractivity contribution in [1.82, 2.24) is 15.3 Å². The third-order valence-electron chi connectivity index (χ3n) is 3.40. The molecular weight excluding hydrogens is 293 g/mol. The van der Waals surface area contributed by atoms with Crippen molar-refractivity contribution in [2.45, 2.75) is 6.54 Å². The van der Waals surface area contributed by atoms with Gasteiger partial charge in [0.25, 0.3) is 5.91 Å². The molecule has 0 bridgehead atoms. The van der Waals surface area contributed by atoms with Crippen LogP contribution >= 0.6 is 0 Å². The van der Waals surface area contributed by atoms with Gasteiger partial charge in [-0.05, 0) is 6.07 Å². The van der Waals surface area contributed by atoms with Gasteiger partial charge in [0.05, 0.1) is 11.3 Å². The van der Waals surface area contributed by atoms with E-state index in [2.05, 4.69) is 15.3 Å². The Morgan fingerprint density at radius 1 is 1.04 bits per heavy atom. The van der Waals surface area contributed by atoms with Crippen LogP contribution in [0.3, 0.4) is 0 Å². The predicted octanol–water partition coefficient (Wildman–Crippen LogP) is 3.21. The first kappa shape index (κ1) is 14.8. The molecule has 0 unspecified atom stereocenters. The fourth-order valence-electron chi connectivity index (χ4n) is 2.23. The van der Waals surface area contributed by atoms with Crippen LogP contribution < -0.4 is 5.32 Å². The Hall–Kier alpha value is -3.08. The van der Waals surface area contributed by atoms with E-state index in [-0.39, 0.29) is 18.3 Å². The SMILES string of the molecule is O=C(NCc1ccccc1F)c1cncnc1-c1ccccc1. The molecule has 0 saturated heterocycles. The van der Waals surface area contributed by atoms with Gasteiger partial charge >= 0.3 is 0 Å². The van der Waals surface area contributed by atoms with Crippen molar-refractivity contribution in [3.63, 3.8) is 0 Å². The monoisotopic (exact) mass is 307 g/mol. The van der Waals surface area contributed by atoms with E-state index in [1.54, 1.807) is 18.2 Å². The number of benzene rings is 2. The average Bonchev–Trinajstić information content (AvgIpc) is 2.61. The lowest BCUT2D eigenvalue weighted by molar-refractivity contribution is 0.0950. The van der Waals surface area contributed by atoms with Gasteiger partial charge in [-0.15, -0.1) is 0 Å². The van der Waals surface area contributed by atoms with Crippen LogP contribution in [0.25, 0.3) is 11.3 Å². The number of carbonyl (C=O) groups excluding carboxylic acids is 1. The summed E-state index contributed by atoms with van der Waals surface area (Å²) in [4.78, 5) is 20.5. The molecule has 2 aromatic carbocycles. The molecule has 0 atom stereocenters. The molecule has 0 fully saturated rings. The number of hydrogen-bond acceptors (Lipinski definition) is 3. The molecule has 1 N–H and O–H groups in total.